The number of aromatic nitrogens is 2. The van der Waals surface area contributed by atoms with Crippen molar-refractivity contribution in [3.8, 4) is 0 Å². The molecule has 2 aliphatic heterocycles. The molecule has 0 bridgehead atoms. The molecule has 0 radical (unpaired) electrons. The number of carbonyl (C=O) groups is 1. The lowest BCUT2D eigenvalue weighted by atomic mass is 10.2. The first-order valence-corrected chi connectivity index (χ1v) is 9.81. The fourth-order valence-electron chi connectivity index (χ4n) is 3.57. The highest BCUT2D eigenvalue weighted by Crippen LogP contribution is 2.33. The zero-order valence-electron chi connectivity index (χ0n) is 15.2. The monoisotopic (exact) mass is 432 g/mol. The van der Waals surface area contributed by atoms with Gasteiger partial charge < -0.3 is 14.5 Å². The number of benzene rings is 1. The largest absolute Gasteiger partial charge is 0.378 e. The number of rotatable bonds is 3. The van der Waals surface area contributed by atoms with E-state index in [-0.39, 0.29) is 17.9 Å². The van der Waals surface area contributed by atoms with Gasteiger partial charge in [-0.05, 0) is 24.1 Å². The third-order valence-corrected chi connectivity index (χ3v) is 5.87. The summed E-state index contributed by atoms with van der Waals surface area (Å²) < 4.78 is 7.84. The SMILES string of the molecule is Cn1c(CC(=O)N2CCc3c(Br)cccc32)nc(N2CCOCC2)cc1=O. The molecule has 1 fully saturated rings. The second-order valence-corrected chi connectivity index (χ2v) is 7.59. The minimum absolute atomic E-state index is 0.0477. The highest BCUT2D eigenvalue weighted by Gasteiger charge is 2.27. The molecule has 0 atom stereocenters. The van der Waals surface area contributed by atoms with Gasteiger partial charge in [0, 0.05) is 42.9 Å². The number of fused-ring (bicyclic) bond motifs is 1. The average Bonchev–Trinajstić information content (AvgIpc) is 3.11. The second-order valence-electron chi connectivity index (χ2n) is 6.74. The first-order valence-electron chi connectivity index (χ1n) is 9.02. The highest BCUT2D eigenvalue weighted by atomic mass is 79.9. The molecule has 0 spiro atoms. The molecule has 0 N–H and O–H groups in total. The van der Waals surface area contributed by atoms with Gasteiger partial charge in [0.25, 0.3) is 5.56 Å². The van der Waals surface area contributed by atoms with E-state index in [1.807, 2.05) is 23.1 Å². The number of anilines is 2. The third kappa shape index (κ3) is 3.51. The molecule has 1 amide bonds. The molecule has 0 saturated carbocycles. The molecule has 3 heterocycles. The molecule has 2 aliphatic rings. The van der Waals surface area contributed by atoms with E-state index in [0.717, 1.165) is 22.1 Å². The molecule has 2 aromatic rings. The summed E-state index contributed by atoms with van der Waals surface area (Å²) in [7, 11) is 1.66. The first-order chi connectivity index (χ1) is 13.0. The van der Waals surface area contributed by atoms with E-state index in [1.165, 1.54) is 10.6 Å². The maximum Gasteiger partial charge on any atom is 0.255 e. The van der Waals surface area contributed by atoms with Crippen LogP contribution in [0, 0.1) is 0 Å². The van der Waals surface area contributed by atoms with Gasteiger partial charge in [0.2, 0.25) is 5.91 Å². The Morgan fingerprint density at radius 2 is 2.04 bits per heavy atom. The number of halogens is 1. The van der Waals surface area contributed by atoms with Crippen LogP contribution in [0.25, 0.3) is 0 Å². The molecule has 4 rings (SSSR count). The van der Waals surface area contributed by atoms with Crippen LogP contribution in [0.2, 0.25) is 0 Å². The average molecular weight is 433 g/mol. The van der Waals surface area contributed by atoms with Crippen LogP contribution in [0.4, 0.5) is 11.5 Å². The minimum Gasteiger partial charge on any atom is -0.378 e. The van der Waals surface area contributed by atoms with E-state index in [1.54, 1.807) is 11.9 Å². The first kappa shape index (κ1) is 18.2. The van der Waals surface area contributed by atoms with Crippen LogP contribution in [0.5, 0.6) is 0 Å². The molecule has 1 saturated heterocycles. The molecular formula is C19H21BrN4O3. The Bertz CT molecular complexity index is 937. The molecule has 27 heavy (non-hydrogen) atoms. The van der Waals surface area contributed by atoms with Crippen molar-refractivity contribution in [2.45, 2.75) is 12.8 Å². The quantitative estimate of drug-likeness (QED) is 0.735. The Labute approximate surface area is 165 Å². The Hall–Kier alpha value is -2.19. The van der Waals surface area contributed by atoms with Gasteiger partial charge >= 0.3 is 0 Å². The maximum absolute atomic E-state index is 13.0. The standard InChI is InChI=1S/C19H21BrN4O3/c1-22-16(21-17(12-18(22)25)23-7-9-27-10-8-23)11-19(26)24-6-5-13-14(20)3-2-4-15(13)24/h2-4,12H,5-11H2,1H3. The lowest BCUT2D eigenvalue weighted by molar-refractivity contribution is -0.118. The molecule has 8 heteroatoms. The van der Waals surface area contributed by atoms with Gasteiger partial charge in [0.15, 0.2) is 0 Å². The molecule has 1 aromatic heterocycles. The van der Waals surface area contributed by atoms with E-state index >= 15 is 0 Å². The Balaban J connectivity index is 1.59. The Morgan fingerprint density at radius 3 is 2.81 bits per heavy atom. The minimum atomic E-state index is -0.154. The highest BCUT2D eigenvalue weighted by molar-refractivity contribution is 9.10. The van der Waals surface area contributed by atoms with E-state index in [0.29, 0.717) is 44.5 Å². The molecule has 0 unspecified atom stereocenters. The number of amides is 1. The summed E-state index contributed by atoms with van der Waals surface area (Å²) >= 11 is 3.55. The summed E-state index contributed by atoms with van der Waals surface area (Å²) in [5.41, 5.74) is 1.93. The van der Waals surface area contributed by atoms with Gasteiger partial charge in [-0.2, -0.15) is 0 Å². The van der Waals surface area contributed by atoms with Gasteiger partial charge in [-0.25, -0.2) is 4.98 Å². The maximum atomic E-state index is 13.0. The number of carbonyl (C=O) groups excluding carboxylic acids is 1. The third-order valence-electron chi connectivity index (χ3n) is 5.13. The van der Waals surface area contributed by atoms with Crippen LogP contribution in [0.3, 0.4) is 0 Å². The smallest absolute Gasteiger partial charge is 0.255 e. The van der Waals surface area contributed by atoms with Crippen LogP contribution < -0.4 is 15.4 Å². The van der Waals surface area contributed by atoms with E-state index in [9.17, 15) is 9.59 Å². The normalized spacial score (nSPS) is 16.5. The molecule has 1 aromatic carbocycles. The van der Waals surface area contributed by atoms with Crippen molar-refractivity contribution in [2.24, 2.45) is 7.05 Å². The molecule has 0 aliphatic carbocycles. The van der Waals surface area contributed by atoms with E-state index in [2.05, 4.69) is 20.9 Å². The zero-order valence-corrected chi connectivity index (χ0v) is 16.7. The summed E-state index contributed by atoms with van der Waals surface area (Å²) in [6.07, 6.45) is 0.915. The molecular weight excluding hydrogens is 412 g/mol. The second kappa shape index (κ2) is 7.44. The summed E-state index contributed by atoms with van der Waals surface area (Å²) in [6, 6.07) is 7.41. The fourth-order valence-corrected chi connectivity index (χ4v) is 4.12. The van der Waals surface area contributed by atoms with E-state index < -0.39 is 0 Å². The summed E-state index contributed by atoms with van der Waals surface area (Å²) in [5, 5.41) is 0. The Kier molecular flexibility index (Phi) is 5.01. The zero-order chi connectivity index (χ0) is 19.0. The summed E-state index contributed by atoms with van der Waals surface area (Å²) in [5.74, 6) is 1.06. The topological polar surface area (TPSA) is 67.7 Å². The fraction of sp³-hybridized carbons (Fsp3) is 0.421. The molecule has 142 valence electrons. The van der Waals surface area contributed by atoms with E-state index in [4.69, 9.17) is 4.74 Å². The number of hydrogen-bond acceptors (Lipinski definition) is 5. The van der Waals surface area contributed by atoms with Gasteiger partial charge in [0.1, 0.15) is 11.6 Å². The lowest BCUT2D eigenvalue weighted by Gasteiger charge is -2.28. The summed E-state index contributed by atoms with van der Waals surface area (Å²) in [4.78, 5) is 33.8. The van der Waals surface area contributed by atoms with Crippen LogP contribution in [0.1, 0.15) is 11.4 Å². The van der Waals surface area contributed by atoms with Crippen molar-refractivity contribution < 1.29 is 9.53 Å². The van der Waals surface area contributed by atoms with Gasteiger partial charge in [0.05, 0.1) is 19.6 Å². The van der Waals surface area contributed by atoms with Gasteiger partial charge in [-0.15, -0.1) is 0 Å². The summed E-state index contributed by atoms with van der Waals surface area (Å²) in [6.45, 7) is 3.27. The van der Waals surface area contributed by atoms with Crippen LogP contribution >= 0.6 is 15.9 Å². The van der Waals surface area contributed by atoms with Crippen molar-refractivity contribution >= 4 is 33.3 Å². The number of hydrogen-bond donors (Lipinski definition) is 0. The number of ether oxygens (including phenoxy) is 1. The van der Waals surface area contributed by atoms with Crippen molar-refractivity contribution in [3.05, 3.63) is 50.5 Å². The Morgan fingerprint density at radius 1 is 1.26 bits per heavy atom. The van der Waals surface area contributed by atoms with Crippen molar-refractivity contribution in [3.63, 3.8) is 0 Å². The van der Waals surface area contributed by atoms with Crippen molar-refractivity contribution in [1.82, 2.24) is 9.55 Å². The van der Waals surface area contributed by atoms with Gasteiger partial charge in [-0.1, -0.05) is 22.0 Å². The van der Waals surface area contributed by atoms with Crippen LogP contribution in [-0.4, -0.2) is 48.3 Å². The number of morpholine rings is 1. The molecule has 7 nitrogen and oxygen atoms in total. The predicted octanol–water partition coefficient (Wildman–Crippen LogP) is 1.51. The van der Waals surface area contributed by atoms with Gasteiger partial charge in [-0.3, -0.25) is 14.2 Å². The predicted molar refractivity (Wildman–Crippen MR) is 106 cm³/mol. The van der Waals surface area contributed by atoms with Crippen LogP contribution in [-0.2, 0) is 29.4 Å². The van der Waals surface area contributed by atoms with Crippen molar-refractivity contribution in [1.29, 1.82) is 0 Å². The van der Waals surface area contributed by atoms with Crippen LogP contribution in [0.15, 0.2) is 33.5 Å². The lowest BCUT2D eigenvalue weighted by Crippen LogP contribution is -2.39. The number of nitrogens with zero attached hydrogens (tertiary/aromatic N) is 4. The van der Waals surface area contributed by atoms with Crippen molar-refractivity contribution in [2.75, 3.05) is 42.6 Å².